The molecule has 2 heterocycles. The van der Waals surface area contributed by atoms with Gasteiger partial charge in [-0.2, -0.15) is 0 Å². The Morgan fingerprint density at radius 2 is 1.72 bits per heavy atom. The first-order valence-electron chi connectivity index (χ1n) is 7.39. The van der Waals surface area contributed by atoms with Gasteiger partial charge in [-0.05, 0) is 53.9 Å². The Bertz CT molecular complexity index is 285. The molecule has 0 bridgehead atoms. The first kappa shape index (κ1) is 14.3. The molecule has 2 saturated heterocycles. The van der Waals surface area contributed by atoms with E-state index in [0.717, 1.165) is 19.6 Å². The summed E-state index contributed by atoms with van der Waals surface area (Å²) < 4.78 is 13.8. The minimum Gasteiger partial charge on any atom is -0.299 e. The summed E-state index contributed by atoms with van der Waals surface area (Å²) in [4.78, 5) is 5.12. The molecule has 2 rings (SSSR count). The first-order valence-corrected chi connectivity index (χ1v) is 7.39. The standard InChI is InChI=1S/C15H29FN2/c1-12-10-13(11-18(12)14(2,3)4)17-8-6-15(5,16)7-9-17/h12-13H,6-11H2,1-5H3/t12-,13?/m0/s1. The Kier molecular flexibility index (Phi) is 3.76. The monoisotopic (exact) mass is 256 g/mol. The Morgan fingerprint density at radius 1 is 1.17 bits per heavy atom. The van der Waals surface area contributed by atoms with E-state index in [1.807, 2.05) is 0 Å². The minimum atomic E-state index is -0.926. The molecule has 0 aromatic rings. The van der Waals surface area contributed by atoms with Gasteiger partial charge in [-0.15, -0.1) is 0 Å². The van der Waals surface area contributed by atoms with Crippen LogP contribution in [0.1, 0.15) is 53.9 Å². The summed E-state index contributed by atoms with van der Waals surface area (Å²) in [5, 5.41) is 0. The van der Waals surface area contributed by atoms with Gasteiger partial charge < -0.3 is 0 Å². The molecule has 3 heteroatoms. The van der Waals surface area contributed by atoms with Crippen molar-refractivity contribution in [2.24, 2.45) is 0 Å². The summed E-state index contributed by atoms with van der Waals surface area (Å²) >= 11 is 0. The van der Waals surface area contributed by atoms with Gasteiger partial charge in [0, 0.05) is 37.3 Å². The highest BCUT2D eigenvalue weighted by Crippen LogP contribution is 2.32. The van der Waals surface area contributed by atoms with Gasteiger partial charge >= 0.3 is 0 Å². The molecular formula is C15H29FN2. The zero-order valence-electron chi connectivity index (χ0n) is 12.7. The van der Waals surface area contributed by atoms with Crippen molar-refractivity contribution in [3.8, 4) is 0 Å². The van der Waals surface area contributed by atoms with E-state index in [9.17, 15) is 4.39 Å². The quantitative estimate of drug-likeness (QED) is 0.711. The molecule has 1 unspecified atom stereocenters. The lowest BCUT2D eigenvalue weighted by Gasteiger charge is -2.39. The van der Waals surface area contributed by atoms with Crippen molar-refractivity contribution in [1.29, 1.82) is 0 Å². The maximum absolute atomic E-state index is 13.8. The normalized spacial score (nSPS) is 35.0. The average molecular weight is 256 g/mol. The van der Waals surface area contributed by atoms with E-state index in [1.54, 1.807) is 6.92 Å². The van der Waals surface area contributed by atoms with E-state index in [2.05, 4.69) is 37.5 Å². The van der Waals surface area contributed by atoms with Crippen molar-refractivity contribution in [3.05, 3.63) is 0 Å². The zero-order valence-corrected chi connectivity index (χ0v) is 12.7. The average Bonchev–Trinajstić information content (AvgIpc) is 2.59. The van der Waals surface area contributed by atoms with Crippen LogP contribution in [-0.2, 0) is 0 Å². The summed E-state index contributed by atoms with van der Waals surface area (Å²) in [7, 11) is 0. The van der Waals surface area contributed by atoms with Crippen LogP contribution < -0.4 is 0 Å². The van der Waals surface area contributed by atoms with Crippen LogP contribution in [0.5, 0.6) is 0 Å². The summed E-state index contributed by atoms with van der Waals surface area (Å²) in [5.74, 6) is 0. The van der Waals surface area contributed by atoms with Crippen LogP contribution in [0.2, 0.25) is 0 Å². The van der Waals surface area contributed by atoms with Gasteiger partial charge in [-0.3, -0.25) is 9.80 Å². The second-order valence-electron chi connectivity index (χ2n) is 7.51. The molecule has 0 aliphatic carbocycles. The fourth-order valence-electron chi connectivity index (χ4n) is 3.56. The molecule has 0 saturated carbocycles. The van der Waals surface area contributed by atoms with Crippen LogP contribution in [0.3, 0.4) is 0 Å². The van der Waals surface area contributed by atoms with Gasteiger partial charge in [-0.1, -0.05) is 0 Å². The number of piperidine rings is 1. The number of nitrogens with zero attached hydrogens (tertiary/aromatic N) is 2. The number of halogens is 1. The maximum atomic E-state index is 13.8. The molecule has 0 aromatic carbocycles. The Labute approximate surface area is 112 Å². The molecule has 2 atom stereocenters. The van der Waals surface area contributed by atoms with E-state index in [4.69, 9.17) is 0 Å². The summed E-state index contributed by atoms with van der Waals surface area (Å²) in [6.07, 6.45) is 2.64. The third-order valence-electron chi connectivity index (χ3n) is 4.77. The molecule has 0 spiro atoms. The van der Waals surface area contributed by atoms with Gasteiger partial charge in [0.1, 0.15) is 5.67 Å². The van der Waals surface area contributed by atoms with Gasteiger partial charge in [-0.25, -0.2) is 4.39 Å². The topological polar surface area (TPSA) is 6.48 Å². The van der Waals surface area contributed by atoms with Crippen molar-refractivity contribution in [1.82, 2.24) is 9.80 Å². The van der Waals surface area contributed by atoms with Gasteiger partial charge in [0.05, 0.1) is 0 Å². The molecule has 0 N–H and O–H groups in total. The summed E-state index contributed by atoms with van der Waals surface area (Å²) in [5.41, 5.74) is -0.678. The van der Waals surface area contributed by atoms with E-state index < -0.39 is 5.67 Å². The minimum absolute atomic E-state index is 0.249. The van der Waals surface area contributed by atoms with Crippen LogP contribution in [0.15, 0.2) is 0 Å². The second kappa shape index (κ2) is 4.75. The summed E-state index contributed by atoms with van der Waals surface area (Å²) in [6, 6.07) is 1.28. The van der Waals surface area contributed by atoms with Crippen molar-refractivity contribution in [2.45, 2.75) is 77.2 Å². The number of hydrogen-bond donors (Lipinski definition) is 0. The Balaban J connectivity index is 1.93. The number of hydrogen-bond acceptors (Lipinski definition) is 2. The van der Waals surface area contributed by atoms with Crippen LogP contribution in [0, 0.1) is 0 Å². The van der Waals surface area contributed by atoms with Crippen LogP contribution in [0.4, 0.5) is 4.39 Å². The molecule has 0 amide bonds. The predicted octanol–water partition coefficient (Wildman–Crippen LogP) is 3.07. The zero-order chi connectivity index (χ0) is 13.6. The lowest BCUT2D eigenvalue weighted by molar-refractivity contribution is 0.0487. The molecular weight excluding hydrogens is 227 g/mol. The van der Waals surface area contributed by atoms with Crippen molar-refractivity contribution >= 4 is 0 Å². The molecule has 2 aliphatic rings. The Morgan fingerprint density at radius 3 is 2.17 bits per heavy atom. The number of rotatable bonds is 1. The highest BCUT2D eigenvalue weighted by atomic mass is 19.1. The fraction of sp³-hybridized carbons (Fsp3) is 1.00. The summed E-state index contributed by atoms with van der Waals surface area (Å²) in [6.45, 7) is 14.0. The fourth-order valence-corrected chi connectivity index (χ4v) is 3.56. The number of alkyl halides is 1. The van der Waals surface area contributed by atoms with E-state index >= 15 is 0 Å². The van der Waals surface area contributed by atoms with Crippen molar-refractivity contribution in [3.63, 3.8) is 0 Å². The Hall–Kier alpha value is -0.150. The van der Waals surface area contributed by atoms with Gasteiger partial charge in [0.15, 0.2) is 0 Å². The van der Waals surface area contributed by atoms with E-state index in [0.29, 0.717) is 24.9 Å². The van der Waals surface area contributed by atoms with Crippen molar-refractivity contribution in [2.75, 3.05) is 19.6 Å². The highest BCUT2D eigenvalue weighted by molar-refractivity contribution is 4.96. The third-order valence-corrected chi connectivity index (χ3v) is 4.77. The van der Waals surface area contributed by atoms with E-state index in [1.165, 1.54) is 6.42 Å². The van der Waals surface area contributed by atoms with Crippen LogP contribution in [0.25, 0.3) is 0 Å². The molecule has 2 aliphatic heterocycles. The molecule has 0 radical (unpaired) electrons. The van der Waals surface area contributed by atoms with Crippen LogP contribution >= 0.6 is 0 Å². The van der Waals surface area contributed by atoms with Crippen molar-refractivity contribution < 1.29 is 4.39 Å². The van der Waals surface area contributed by atoms with Gasteiger partial charge in [0.25, 0.3) is 0 Å². The van der Waals surface area contributed by atoms with E-state index in [-0.39, 0.29) is 5.54 Å². The lowest BCUT2D eigenvalue weighted by Crippen LogP contribution is -2.48. The third kappa shape index (κ3) is 3.05. The smallest absolute Gasteiger partial charge is 0.110 e. The predicted molar refractivity (Wildman–Crippen MR) is 74.6 cm³/mol. The molecule has 18 heavy (non-hydrogen) atoms. The first-order chi connectivity index (χ1) is 8.19. The molecule has 2 fully saturated rings. The van der Waals surface area contributed by atoms with Crippen LogP contribution in [-0.4, -0.2) is 52.7 Å². The maximum Gasteiger partial charge on any atom is 0.110 e. The SMILES string of the molecule is C[C@H]1CC(N2CCC(C)(F)CC2)CN1C(C)(C)C. The van der Waals surface area contributed by atoms with Gasteiger partial charge in [0.2, 0.25) is 0 Å². The lowest BCUT2D eigenvalue weighted by atomic mass is 9.94. The number of likely N-dealkylation sites (tertiary alicyclic amines) is 2. The molecule has 2 nitrogen and oxygen atoms in total. The largest absolute Gasteiger partial charge is 0.299 e. The molecule has 106 valence electrons. The molecule has 0 aromatic heterocycles. The highest BCUT2D eigenvalue weighted by Gasteiger charge is 2.40. The second-order valence-corrected chi connectivity index (χ2v) is 7.51.